The van der Waals surface area contributed by atoms with Crippen molar-refractivity contribution in [1.82, 2.24) is 14.7 Å². The second-order valence-corrected chi connectivity index (χ2v) is 7.83. The summed E-state index contributed by atoms with van der Waals surface area (Å²) in [4.78, 5) is 41.9. The molecule has 1 unspecified atom stereocenters. The number of hydrogen-bond acceptors (Lipinski definition) is 5. The predicted octanol–water partition coefficient (Wildman–Crippen LogP) is 2.26. The highest BCUT2D eigenvalue weighted by Gasteiger charge is 2.29. The van der Waals surface area contributed by atoms with Crippen LogP contribution in [0.2, 0.25) is 0 Å². The molecule has 0 radical (unpaired) electrons. The molecule has 162 valence electrons. The fourth-order valence-corrected chi connectivity index (χ4v) is 3.74. The van der Waals surface area contributed by atoms with Gasteiger partial charge >= 0.3 is 11.7 Å². The number of nitrogens with zero attached hydrogens (tertiary/aromatic N) is 3. The van der Waals surface area contributed by atoms with Crippen LogP contribution in [0, 0.1) is 6.92 Å². The second kappa shape index (κ2) is 8.77. The lowest BCUT2D eigenvalue weighted by Gasteiger charge is -2.36. The number of carbonyl (C=O) groups is 2. The smallest absolute Gasteiger partial charge is 0.336 e. The molecule has 2 aromatic rings. The molecule has 1 aromatic heterocycles. The van der Waals surface area contributed by atoms with Gasteiger partial charge in [-0.25, -0.2) is 9.59 Å². The number of fused-ring (bicyclic) bond motifs is 1. The zero-order chi connectivity index (χ0) is 22.0. The Kier molecular flexibility index (Phi) is 6.34. The predicted molar refractivity (Wildman–Crippen MR) is 114 cm³/mol. The number of hydrogen-bond donors (Lipinski definition) is 0. The summed E-state index contributed by atoms with van der Waals surface area (Å²) in [5, 5.41) is 0.726. The fraction of sp³-hybridized carbons (Fsp3) is 0.500. The summed E-state index contributed by atoms with van der Waals surface area (Å²) in [5.41, 5.74) is 1.77. The summed E-state index contributed by atoms with van der Waals surface area (Å²) in [6, 6.07) is 5.08. The van der Waals surface area contributed by atoms with Crippen LogP contribution in [0.5, 0.6) is 5.75 Å². The van der Waals surface area contributed by atoms with E-state index < -0.39 is 11.7 Å². The summed E-state index contributed by atoms with van der Waals surface area (Å²) < 4.78 is 11.4. The maximum absolute atomic E-state index is 13.0. The van der Waals surface area contributed by atoms with E-state index in [9.17, 15) is 14.4 Å². The van der Waals surface area contributed by atoms with Crippen LogP contribution in [0.1, 0.15) is 25.0 Å². The Bertz CT molecular complexity index is 1010. The van der Waals surface area contributed by atoms with E-state index in [-0.39, 0.29) is 11.9 Å². The standard InChI is InChI=1S/C22H29N3O5/c1-6-16-13-19(26)30-18-12-14(2)11-17(20(16)18)29-15(3)21(27)24-7-9-25(10-8-24)22(28)23(4)5/h11-13,15H,6-10H2,1-5H3. The van der Waals surface area contributed by atoms with Gasteiger partial charge < -0.3 is 23.9 Å². The van der Waals surface area contributed by atoms with E-state index in [1.165, 1.54) is 11.0 Å². The van der Waals surface area contributed by atoms with Gasteiger partial charge in [-0.2, -0.15) is 0 Å². The van der Waals surface area contributed by atoms with E-state index in [0.717, 1.165) is 16.5 Å². The molecule has 1 fully saturated rings. The maximum Gasteiger partial charge on any atom is 0.336 e. The molecule has 3 amide bonds. The average molecular weight is 415 g/mol. The number of piperazine rings is 1. The lowest BCUT2D eigenvalue weighted by molar-refractivity contribution is -0.139. The van der Waals surface area contributed by atoms with Gasteiger partial charge in [0.25, 0.3) is 5.91 Å². The average Bonchev–Trinajstić information content (AvgIpc) is 2.71. The van der Waals surface area contributed by atoms with E-state index >= 15 is 0 Å². The first kappa shape index (κ1) is 21.7. The summed E-state index contributed by atoms with van der Waals surface area (Å²) >= 11 is 0. The van der Waals surface area contributed by atoms with Gasteiger partial charge in [0.05, 0.1) is 5.39 Å². The molecule has 1 aliphatic heterocycles. The summed E-state index contributed by atoms with van der Waals surface area (Å²) in [6.45, 7) is 7.49. The van der Waals surface area contributed by atoms with Crippen molar-refractivity contribution >= 4 is 22.9 Å². The summed E-state index contributed by atoms with van der Waals surface area (Å²) in [5.74, 6) is 0.407. The number of ether oxygens (including phenoxy) is 1. The SMILES string of the molecule is CCc1cc(=O)oc2cc(C)cc(OC(C)C(=O)N3CCN(C(=O)N(C)C)CC3)c12. The largest absolute Gasteiger partial charge is 0.480 e. The Morgan fingerprint density at radius 2 is 1.77 bits per heavy atom. The maximum atomic E-state index is 13.0. The Labute approximate surface area is 176 Å². The number of carbonyl (C=O) groups excluding carboxylic acids is 2. The van der Waals surface area contributed by atoms with Crippen LogP contribution in [0.15, 0.2) is 27.4 Å². The molecule has 1 atom stereocenters. The molecule has 3 rings (SSSR count). The van der Waals surface area contributed by atoms with Crippen LogP contribution < -0.4 is 10.4 Å². The van der Waals surface area contributed by atoms with Crippen molar-refractivity contribution in [2.75, 3.05) is 40.3 Å². The normalized spacial score (nSPS) is 15.2. The summed E-state index contributed by atoms with van der Waals surface area (Å²) in [7, 11) is 3.43. The molecule has 0 saturated carbocycles. The van der Waals surface area contributed by atoms with E-state index in [2.05, 4.69) is 0 Å². The molecule has 0 bridgehead atoms. The Morgan fingerprint density at radius 3 is 2.37 bits per heavy atom. The lowest BCUT2D eigenvalue weighted by Crippen LogP contribution is -2.54. The molecule has 0 spiro atoms. The first-order valence-electron chi connectivity index (χ1n) is 10.2. The number of amides is 3. The van der Waals surface area contributed by atoms with E-state index in [1.54, 1.807) is 36.9 Å². The first-order valence-corrected chi connectivity index (χ1v) is 10.2. The monoisotopic (exact) mass is 415 g/mol. The van der Waals surface area contributed by atoms with Gasteiger partial charge in [0, 0.05) is 46.3 Å². The number of benzene rings is 1. The van der Waals surface area contributed by atoms with Gasteiger partial charge in [-0.05, 0) is 43.5 Å². The van der Waals surface area contributed by atoms with Crippen LogP contribution in [0.4, 0.5) is 4.79 Å². The zero-order valence-corrected chi connectivity index (χ0v) is 18.2. The molecule has 8 nitrogen and oxygen atoms in total. The van der Waals surface area contributed by atoms with Crippen molar-refractivity contribution in [1.29, 1.82) is 0 Å². The molecule has 1 aliphatic rings. The van der Waals surface area contributed by atoms with Gasteiger partial charge in [0.2, 0.25) is 0 Å². The Hall–Kier alpha value is -3.03. The molecule has 0 aliphatic carbocycles. The third-order valence-corrected chi connectivity index (χ3v) is 5.31. The molecule has 2 heterocycles. The molecule has 1 aromatic carbocycles. The van der Waals surface area contributed by atoms with Gasteiger partial charge in [-0.1, -0.05) is 6.92 Å². The first-order chi connectivity index (χ1) is 14.2. The van der Waals surface area contributed by atoms with Crippen molar-refractivity contribution < 1.29 is 18.7 Å². The number of urea groups is 1. The highest BCUT2D eigenvalue weighted by atomic mass is 16.5. The van der Waals surface area contributed by atoms with Crippen LogP contribution >= 0.6 is 0 Å². The minimum absolute atomic E-state index is 0.0498. The fourth-order valence-electron chi connectivity index (χ4n) is 3.74. The minimum Gasteiger partial charge on any atom is -0.480 e. The lowest BCUT2D eigenvalue weighted by atomic mass is 10.0. The topological polar surface area (TPSA) is 83.3 Å². The number of aryl methyl sites for hydroxylation is 2. The van der Waals surface area contributed by atoms with E-state index in [0.29, 0.717) is 43.9 Å². The van der Waals surface area contributed by atoms with Crippen molar-refractivity contribution in [2.24, 2.45) is 0 Å². The Balaban J connectivity index is 1.77. The van der Waals surface area contributed by atoms with E-state index in [1.807, 2.05) is 19.9 Å². The Morgan fingerprint density at radius 1 is 1.13 bits per heavy atom. The molecule has 1 saturated heterocycles. The van der Waals surface area contributed by atoms with Crippen LogP contribution in [-0.4, -0.2) is 73.0 Å². The van der Waals surface area contributed by atoms with Crippen LogP contribution in [0.25, 0.3) is 11.0 Å². The van der Waals surface area contributed by atoms with Crippen LogP contribution in [-0.2, 0) is 11.2 Å². The van der Waals surface area contributed by atoms with Gasteiger partial charge in [0.1, 0.15) is 11.3 Å². The second-order valence-electron chi connectivity index (χ2n) is 7.83. The minimum atomic E-state index is -0.706. The highest BCUT2D eigenvalue weighted by Crippen LogP contribution is 2.31. The highest BCUT2D eigenvalue weighted by molar-refractivity contribution is 5.88. The van der Waals surface area contributed by atoms with Gasteiger partial charge in [-0.3, -0.25) is 4.79 Å². The molecular weight excluding hydrogens is 386 g/mol. The van der Waals surface area contributed by atoms with Crippen molar-refractivity contribution in [2.45, 2.75) is 33.3 Å². The molecule has 30 heavy (non-hydrogen) atoms. The van der Waals surface area contributed by atoms with Gasteiger partial charge in [-0.15, -0.1) is 0 Å². The third-order valence-electron chi connectivity index (χ3n) is 5.31. The van der Waals surface area contributed by atoms with Crippen molar-refractivity contribution in [3.8, 4) is 5.75 Å². The van der Waals surface area contributed by atoms with Gasteiger partial charge in [0.15, 0.2) is 6.10 Å². The summed E-state index contributed by atoms with van der Waals surface area (Å²) in [6.07, 6.45) is -0.0612. The molecular formula is C22H29N3O5. The van der Waals surface area contributed by atoms with E-state index in [4.69, 9.17) is 9.15 Å². The third kappa shape index (κ3) is 4.42. The number of rotatable bonds is 4. The van der Waals surface area contributed by atoms with Crippen molar-refractivity contribution in [3.05, 3.63) is 39.7 Å². The quantitative estimate of drug-likeness (QED) is 0.716. The molecule has 0 N–H and O–H groups in total. The molecule has 8 heteroatoms. The zero-order valence-electron chi connectivity index (χ0n) is 18.2. The van der Waals surface area contributed by atoms with Crippen molar-refractivity contribution in [3.63, 3.8) is 0 Å². The van der Waals surface area contributed by atoms with Crippen LogP contribution in [0.3, 0.4) is 0 Å².